The Morgan fingerprint density at radius 2 is 2.31 bits per heavy atom. The van der Waals surface area contributed by atoms with E-state index in [0.717, 1.165) is 15.4 Å². The molecule has 0 aliphatic rings. The minimum absolute atomic E-state index is 0.00364. The molecule has 0 aliphatic carbocycles. The highest BCUT2D eigenvalue weighted by Gasteiger charge is 2.17. The summed E-state index contributed by atoms with van der Waals surface area (Å²) in [5.74, 6) is -0.00364. The average molecular weight is 281 g/mol. The number of carbonyl (C=O) groups is 1. The molecule has 0 aliphatic heterocycles. The zero-order chi connectivity index (χ0) is 11.7. The standard InChI is InChI=1S/C12H13BrN2O/c1-2-10(14)12(16)9-6-15-11-5-7(13)3-4-8(9)11/h3-6,10,15H,2,14H2,1H3. The van der Waals surface area contributed by atoms with E-state index in [1.165, 1.54) is 0 Å². The van der Waals surface area contributed by atoms with Gasteiger partial charge in [-0.15, -0.1) is 0 Å². The van der Waals surface area contributed by atoms with Crippen LogP contribution in [0, 0.1) is 0 Å². The van der Waals surface area contributed by atoms with E-state index in [2.05, 4.69) is 20.9 Å². The van der Waals surface area contributed by atoms with Gasteiger partial charge in [0.05, 0.1) is 6.04 Å². The Kier molecular flexibility index (Phi) is 3.12. The first-order valence-corrected chi connectivity index (χ1v) is 5.99. The van der Waals surface area contributed by atoms with Crippen LogP contribution < -0.4 is 5.73 Å². The third-order valence-corrected chi connectivity index (χ3v) is 3.18. The molecule has 0 bridgehead atoms. The molecule has 4 heteroatoms. The van der Waals surface area contributed by atoms with E-state index in [1.807, 2.05) is 25.1 Å². The molecule has 2 rings (SSSR count). The van der Waals surface area contributed by atoms with Crippen LogP contribution in [0.15, 0.2) is 28.9 Å². The summed E-state index contributed by atoms with van der Waals surface area (Å²) in [7, 11) is 0. The molecule has 0 radical (unpaired) electrons. The third kappa shape index (κ3) is 1.90. The third-order valence-electron chi connectivity index (χ3n) is 2.69. The van der Waals surface area contributed by atoms with Crippen molar-refractivity contribution in [2.24, 2.45) is 5.73 Å². The number of nitrogens with one attached hydrogen (secondary N) is 1. The number of hydrogen-bond acceptors (Lipinski definition) is 2. The lowest BCUT2D eigenvalue weighted by Gasteiger charge is -2.05. The monoisotopic (exact) mass is 280 g/mol. The van der Waals surface area contributed by atoms with Crippen LogP contribution in [0.5, 0.6) is 0 Å². The maximum Gasteiger partial charge on any atom is 0.181 e. The van der Waals surface area contributed by atoms with E-state index in [1.54, 1.807) is 6.20 Å². The van der Waals surface area contributed by atoms with Crippen molar-refractivity contribution in [2.75, 3.05) is 0 Å². The van der Waals surface area contributed by atoms with E-state index >= 15 is 0 Å². The second-order valence-corrected chi connectivity index (χ2v) is 4.69. The van der Waals surface area contributed by atoms with Crippen LogP contribution in [0.1, 0.15) is 23.7 Å². The van der Waals surface area contributed by atoms with Crippen molar-refractivity contribution in [1.82, 2.24) is 4.98 Å². The first kappa shape index (κ1) is 11.4. The van der Waals surface area contributed by atoms with Gasteiger partial charge >= 0.3 is 0 Å². The predicted octanol–water partition coefficient (Wildman–Crippen LogP) is 2.85. The van der Waals surface area contributed by atoms with Crippen molar-refractivity contribution in [2.45, 2.75) is 19.4 Å². The van der Waals surface area contributed by atoms with Gasteiger partial charge in [-0.05, 0) is 18.6 Å². The van der Waals surface area contributed by atoms with Crippen molar-refractivity contribution < 1.29 is 4.79 Å². The molecule has 3 nitrogen and oxygen atoms in total. The molecule has 3 N–H and O–H groups in total. The van der Waals surface area contributed by atoms with Gasteiger partial charge in [0.2, 0.25) is 0 Å². The smallest absolute Gasteiger partial charge is 0.181 e. The first-order chi connectivity index (χ1) is 7.63. The summed E-state index contributed by atoms with van der Waals surface area (Å²) in [6, 6.07) is 5.38. The highest BCUT2D eigenvalue weighted by atomic mass is 79.9. The van der Waals surface area contributed by atoms with Crippen molar-refractivity contribution in [3.8, 4) is 0 Å². The molecule has 16 heavy (non-hydrogen) atoms. The first-order valence-electron chi connectivity index (χ1n) is 5.20. The van der Waals surface area contributed by atoms with E-state index in [9.17, 15) is 4.79 Å². The minimum atomic E-state index is -0.414. The fraction of sp³-hybridized carbons (Fsp3) is 0.250. The van der Waals surface area contributed by atoms with Crippen LogP contribution in [0.3, 0.4) is 0 Å². The summed E-state index contributed by atoms with van der Waals surface area (Å²) in [6.07, 6.45) is 2.39. The topological polar surface area (TPSA) is 58.9 Å². The molecule has 0 amide bonds. The number of fused-ring (bicyclic) bond motifs is 1. The Balaban J connectivity index is 2.50. The molecule has 1 aromatic heterocycles. The van der Waals surface area contributed by atoms with Crippen LogP contribution in [0.4, 0.5) is 0 Å². The maximum atomic E-state index is 12.0. The molecule has 1 aromatic carbocycles. The molecule has 84 valence electrons. The number of ketones is 1. The van der Waals surface area contributed by atoms with Gasteiger partial charge in [0, 0.05) is 27.1 Å². The summed E-state index contributed by atoms with van der Waals surface area (Å²) in [6.45, 7) is 1.91. The van der Waals surface area contributed by atoms with Crippen LogP contribution >= 0.6 is 15.9 Å². The second-order valence-electron chi connectivity index (χ2n) is 3.77. The number of halogens is 1. The number of benzene rings is 1. The number of aromatic amines is 1. The Labute approximate surface area is 102 Å². The van der Waals surface area contributed by atoms with Crippen molar-refractivity contribution in [1.29, 1.82) is 0 Å². The fourth-order valence-electron chi connectivity index (χ4n) is 1.69. The SMILES string of the molecule is CCC(N)C(=O)c1c[nH]c2cc(Br)ccc12. The average Bonchev–Trinajstić information content (AvgIpc) is 2.69. The quantitative estimate of drug-likeness (QED) is 0.850. The molecule has 1 unspecified atom stereocenters. The molecule has 0 saturated carbocycles. The highest BCUT2D eigenvalue weighted by Crippen LogP contribution is 2.23. The van der Waals surface area contributed by atoms with E-state index < -0.39 is 6.04 Å². The molecule has 2 aromatic rings. The van der Waals surface area contributed by atoms with Crippen LogP contribution in [-0.2, 0) is 0 Å². The Morgan fingerprint density at radius 1 is 1.56 bits per heavy atom. The summed E-state index contributed by atoms with van der Waals surface area (Å²) in [5.41, 5.74) is 7.38. The molecular weight excluding hydrogens is 268 g/mol. The summed E-state index contributed by atoms with van der Waals surface area (Å²) < 4.78 is 0.987. The second kappa shape index (κ2) is 4.39. The number of carbonyl (C=O) groups excluding carboxylic acids is 1. The number of Topliss-reactive ketones (excluding diaryl/α,β-unsaturated/α-hetero) is 1. The van der Waals surface area contributed by atoms with Crippen LogP contribution in [0.2, 0.25) is 0 Å². The normalized spacial score (nSPS) is 12.9. The fourth-order valence-corrected chi connectivity index (χ4v) is 2.05. The molecule has 0 fully saturated rings. The van der Waals surface area contributed by atoms with Gasteiger partial charge in [-0.2, -0.15) is 0 Å². The Bertz CT molecular complexity index is 533. The van der Waals surface area contributed by atoms with Gasteiger partial charge in [0.15, 0.2) is 5.78 Å². The number of nitrogens with two attached hydrogens (primary N) is 1. The number of aromatic nitrogens is 1. The van der Waals surface area contributed by atoms with Gasteiger partial charge in [0.25, 0.3) is 0 Å². The summed E-state index contributed by atoms with van der Waals surface area (Å²) in [4.78, 5) is 15.1. The molecule has 1 atom stereocenters. The van der Waals surface area contributed by atoms with E-state index in [0.29, 0.717) is 12.0 Å². The molecule has 0 spiro atoms. The number of H-pyrrole nitrogens is 1. The van der Waals surface area contributed by atoms with Gasteiger partial charge < -0.3 is 10.7 Å². The lowest BCUT2D eigenvalue weighted by atomic mass is 10.0. The highest BCUT2D eigenvalue weighted by molar-refractivity contribution is 9.10. The van der Waals surface area contributed by atoms with E-state index in [-0.39, 0.29) is 5.78 Å². The maximum absolute atomic E-state index is 12.0. The molecule has 0 saturated heterocycles. The van der Waals surface area contributed by atoms with Crippen LogP contribution in [0.25, 0.3) is 10.9 Å². The Morgan fingerprint density at radius 3 is 3.00 bits per heavy atom. The lowest BCUT2D eigenvalue weighted by molar-refractivity contribution is 0.0961. The van der Waals surface area contributed by atoms with Gasteiger partial charge in [-0.3, -0.25) is 4.79 Å². The zero-order valence-electron chi connectivity index (χ0n) is 8.96. The molecule has 1 heterocycles. The van der Waals surface area contributed by atoms with Gasteiger partial charge in [-0.1, -0.05) is 28.9 Å². The van der Waals surface area contributed by atoms with Gasteiger partial charge in [0.1, 0.15) is 0 Å². The lowest BCUT2D eigenvalue weighted by Crippen LogP contribution is -2.29. The number of hydrogen-bond donors (Lipinski definition) is 2. The van der Waals surface area contributed by atoms with Crippen molar-refractivity contribution in [3.05, 3.63) is 34.4 Å². The number of rotatable bonds is 3. The van der Waals surface area contributed by atoms with Crippen molar-refractivity contribution in [3.63, 3.8) is 0 Å². The van der Waals surface area contributed by atoms with Crippen LogP contribution in [-0.4, -0.2) is 16.8 Å². The zero-order valence-corrected chi connectivity index (χ0v) is 10.5. The van der Waals surface area contributed by atoms with Gasteiger partial charge in [-0.25, -0.2) is 0 Å². The summed E-state index contributed by atoms with van der Waals surface area (Å²) >= 11 is 3.39. The molecular formula is C12H13BrN2O. The predicted molar refractivity (Wildman–Crippen MR) is 68.6 cm³/mol. The minimum Gasteiger partial charge on any atom is -0.360 e. The van der Waals surface area contributed by atoms with Crippen molar-refractivity contribution >= 4 is 32.6 Å². The largest absolute Gasteiger partial charge is 0.360 e. The Hall–Kier alpha value is -1.13. The van der Waals surface area contributed by atoms with E-state index in [4.69, 9.17) is 5.73 Å². The summed E-state index contributed by atoms with van der Waals surface area (Å²) in [5, 5.41) is 0.928.